The molecule has 0 atom stereocenters. The van der Waals surface area contributed by atoms with E-state index in [1.54, 1.807) is 48.3 Å². The van der Waals surface area contributed by atoms with Gasteiger partial charge >= 0.3 is 0 Å². The van der Waals surface area contributed by atoms with Crippen LogP contribution in [0.5, 0.6) is 0 Å². The first kappa shape index (κ1) is 12.8. The van der Waals surface area contributed by atoms with Crippen molar-refractivity contribution in [3.8, 4) is 0 Å². The molecule has 108 valence electrons. The summed E-state index contributed by atoms with van der Waals surface area (Å²) in [5, 5.41) is 2.75. The molecule has 0 saturated carbocycles. The summed E-state index contributed by atoms with van der Waals surface area (Å²) in [6.45, 7) is 0.227. The third-order valence-electron chi connectivity index (χ3n) is 4.13. The van der Waals surface area contributed by atoms with Crippen LogP contribution >= 0.6 is 0 Å². The van der Waals surface area contributed by atoms with E-state index >= 15 is 0 Å². The summed E-state index contributed by atoms with van der Waals surface area (Å²) in [6.07, 6.45) is 0. The molecular formula is C17H12N2O3. The molecule has 1 N–H and O–H groups in total. The Bertz CT molecular complexity index is 870. The van der Waals surface area contributed by atoms with E-state index in [0.29, 0.717) is 27.9 Å². The van der Waals surface area contributed by atoms with Crippen LogP contribution in [0.4, 0.5) is 11.4 Å². The number of hydrogen-bond donors (Lipinski definition) is 1. The Morgan fingerprint density at radius 1 is 0.909 bits per heavy atom. The molecule has 2 aliphatic rings. The zero-order valence-corrected chi connectivity index (χ0v) is 11.8. The largest absolute Gasteiger partial charge is 0.364 e. The molecule has 0 radical (unpaired) electrons. The Labute approximate surface area is 126 Å². The maximum Gasteiger partial charge on any atom is 0.243 e. The van der Waals surface area contributed by atoms with Gasteiger partial charge in [-0.1, -0.05) is 24.3 Å². The third kappa shape index (κ3) is 1.56. The van der Waals surface area contributed by atoms with Gasteiger partial charge in [0, 0.05) is 23.7 Å². The Morgan fingerprint density at radius 2 is 1.59 bits per heavy atom. The minimum absolute atomic E-state index is 0.185. The van der Waals surface area contributed by atoms with E-state index in [4.69, 9.17) is 0 Å². The van der Waals surface area contributed by atoms with Crippen molar-refractivity contribution in [3.63, 3.8) is 0 Å². The molecule has 0 unspecified atom stereocenters. The highest BCUT2D eigenvalue weighted by Crippen LogP contribution is 2.39. The lowest BCUT2D eigenvalue weighted by atomic mass is 9.82. The minimum Gasteiger partial charge on any atom is -0.364 e. The van der Waals surface area contributed by atoms with Crippen LogP contribution in [0.3, 0.4) is 0 Å². The van der Waals surface area contributed by atoms with Crippen LogP contribution < -0.4 is 10.2 Å². The van der Waals surface area contributed by atoms with Crippen molar-refractivity contribution >= 4 is 28.8 Å². The van der Waals surface area contributed by atoms with Gasteiger partial charge in [-0.3, -0.25) is 14.4 Å². The number of likely N-dealkylation sites (N-methyl/N-ethyl adjacent to an activating group) is 1. The van der Waals surface area contributed by atoms with Crippen LogP contribution in [0.15, 0.2) is 36.4 Å². The van der Waals surface area contributed by atoms with Gasteiger partial charge in [-0.25, -0.2) is 0 Å². The van der Waals surface area contributed by atoms with E-state index in [1.165, 1.54) is 0 Å². The maximum atomic E-state index is 12.8. The number of anilines is 2. The maximum absolute atomic E-state index is 12.8. The predicted molar refractivity (Wildman–Crippen MR) is 81.6 cm³/mol. The van der Waals surface area contributed by atoms with E-state index in [-0.39, 0.29) is 24.0 Å². The number of amides is 1. The number of hydrogen-bond acceptors (Lipinski definition) is 4. The molecule has 22 heavy (non-hydrogen) atoms. The molecular weight excluding hydrogens is 280 g/mol. The van der Waals surface area contributed by atoms with E-state index in [9.17, 15) is 14.4 Å². The topological polar surface area (TPSA) is 66.5 Å². The molecule has 5 nitrogen and oxygen atoms in total. The van der Waals surface area contributed by atoms with Crippen molar-refractivity contribution in [2.45, 2.75) is 0 Å². The molecule has 0 aromatic heterocycles. The zero-order chi connectivity index (χ0) is 15.4. The average molecular weight is 292 g/mol. The molecule has 0 fully saturated rings. The highest BCUT2D eigenvalue weighted by atomic mass is 16.2. The fourth-order valence-corrected chi connectivity index (χ4v) is 3.10. The predicted octanol–water partition coefficient (Wildman–Crippen LogP) is 1.85. The standard InChI is InChI=1S/C17H12N2O3/c1-19-8-13(20)18-15-12(19)7-6-11-14(15)17(22)10-5-3-2-4-9(10)16(11)21/h2-7H,8H2,1H3,(H,18,20). The Balaban J connectivity index is 2.02. The molecule has 1 aliphatic heterocycles. The number of benzene rings is 2. The Morgan fingerprint density at radius 3 is 2.32 bits per heavy atom. The Hall–Kier alpha value is -2.95. The number of nitrogens with one attached hydrogen (secondary N) is 1. The Kier molecular flexibility index (Phi) is 2.48. The van der Waals surface area contributed by atoms with E-state index in [0.717, 1.165) is 5.69 Å². The highest BCUT2D eigenvalue weighted by molar-refractivity contribution is 6.31. The number of carbonyl (C=O) groups is 3. The molecule has 2 aromatic carbocycles. The van der Waals surface area contributed by atoms with Crippen molar-refractivity contribution in [3.05, 3.63) is 58.7 Å². The minimum atomic E-state index is -0.224. The summed E-state index contributed by atoms with van der Waals surface area (Å²) in [5.41, 5.74) is 2.62. The van der Waals surface area contributed by atoms with Gasteiger partial charge in [0.25, 0.3) is 0 Å². The van der Waals surface area contributed by atoms with Gasteiger partial charge < -0.3 is 10.2 Å². The van der Waals surface area contributed by atoms with E-state index in [2.05, 4.69) is 5.32 Å². The van der Waals surface area contributed by atoms with Crippen molar-refractivity contribution < 1.29 is 14.4 Å². The molecule has 0 bridgehead atoms. The number of fused-ring (bicyclic) bond motifs is 4. The zero-order valence-electron chi connectivity index (χ0n) is 11.8. The second-order valence-corrected chi connectivity index (χ2v) is 5.49. The van der Waals surface area contributed by atoms with Gasteiger partial charge in [-0.05, 0) is 12.1 Å². The van der Waals surface area contributed by atoms with Gasteiger partial charge in [0.15, 0.2) is 11.6 Å². The van der Waals surface area contributed by atoms with Crippen LogP contribution in [0.1, 0.15) is 31.8 Å². The summed E-state index contributed by atoms with van der Waals surface area (Å²) in [4.78, 5) is 39.0. The van der Waals surface area contributed by atoms with Crippen LogP contribution in [-0.2, 0) is 4.79 Å². The lowest BCUT2D eigenvalue weighted by Gasteiger charge is -2.30. The van der Waals surface area contributed by atoms with Crippen LogP contribution in [0.2, 0.25) is 0 Å². The number of nitrogens with zero attached hydrogens (tertiary/aromatic N) is 1. The molecule has 0 saturated heterocycles. The number of ketones is 2. The van der Waals surface area contributed by atoms with E-state index in [1.807, 2.05) is 0 Å². The van der Waals surface area contributed by atoms with Gasteiger partial charge in [0.1, 0.15) is 0 Å². The van der Waals surface area contributed by atoms with Gasteiger partial charge in [-0.15, -0.1) is 0 Å². The highest BCUT2D eigenvalue weighted by Gasteiger charge is 2.35. The normalized spacial score (nSPS) is 15.9. The van der Waals surface area contributed by atoms with Crippen LogP contribution in [0, 0.1) is 0 Å². The van der Waals surface area contributed by atoms with E-state index < -0.39 is 0 Å². The summed E-state index contributed by atoms with van der Waals surface area (Å²) in [7, 11) is 1.78. The average Bonchev–Trinajstić information content (AvgIpc) is 2.51. The van der Waals surface area contributed by atoms with Crippen molar-refractivity contribution in [2.75, 3.05) is 23.8 Å². The second kappa shape index (κ2) is 4.27. The summed E-state index contributed by atoms with van der Waals surface area (Å²) in [6, 6.07) is 10.2. The molecule has 4 rings (SSSR count). The molecule has 2 aromatic rings. The first-order chi connectivity index (χ1) is 10.6. The van der Waals surface area contributed by atoms with Crippen molar-refractivity contribution in [2.24, 2.45) is 0 Å². The van der Waals surface area contributed by atoms with Gasteiger partial charge in [0.05, 0.1) is 23.5 Å². The van der Waals surface area contributed by atoms with Crippen molar-refractivity contribution in [1.82, 2.24) is 0 Å². The lowest BCUT2D eigenvalue weighted by Crippen LogP contribution is -2.37. The number of rotatable bonds is 0. The summed E-state index contributed by atoms with van der Waals surface area (Å²) < 4.78 is 0. The molecule has 1 heterocycles. The number of carbonyl (C=O) groups excluding carboxylic acids is 3. The first-order valence-electron chi connectivity index (χ1n) is 6.94. The van der Waals surface area contributed by atoms with Crippen LogP contribution in [-0.4, -0.2) is 31.1 Å². The SMILES string of the molecule is CN1CC(=O)Nc2c1ccc1c2C(=O)c2ccccc2C1=O. The molecule has 5 heteroatoms. The summed E-state index contributed by atoms with van der Waals surface area (Å²) in [5.74, 6) is -0.601. The first-order valence-corrected chi connectivity index (χ1v) is 6.94. The van der Waals surface area contributed by atoms with Gasteiger partial charge in [0.2, 0.25) is 5.91 Å². The molecule has 1 aliphatic carbocycles. The molecule has 0 spiro atoms. The quantitative estimate of drug-likeness (QED) is 0.686. The second-order valence-electron chi connectivity index (χ2n) is 5.49. The fraction of sp³-hybridized carbons (Fsp3) is 0.118. The lowest BCUT2D eigenvalue weighted by molar-refractivity contribution is -0.115. The molecule has 1 amide bonds. The fourth-order valence-electron chi connectivity index (χ4n) is 3.10. The smallest absolute Gasteiger partial charge is 0.243 e. The van der Waals surface area contributed by atoms with Crippen molar-refractivity contribution in [1.29, 1.82) is 0 Å². The monoisotopic (exact) mass is 292 g/mol. The van der Waals surface area contributed by atoms with Gasteiger partial charge in [-0.2, -0.15) is 0 Å². The summed E-state index contributed by atoms with van der Waals surface area (Å²) >= 11 is 0. The van der Waals surface area contributed by atoms with Crippen LogP contribution in [0.25, 0.3) is 0 Å². The third-order valence-corrected chi connectivity index (χ3v) is 4.13.